The monoisotopic (exact) mass is 280 g/mol. The van der Waals surface area contributed by atoms with E-state index in [1.54, 1.807) is 0 Å². The maximum absolute atomic E-state index is 13.5. The molecule has 6 nitrogen and oxygen atoms in total. The van der Waals surface area contributed by atoms with Crippen molar-refractivity contribution in [1.82, 2.24) is 4.98 Å². The minimum atomic E-state index is -0.986. The molecule has 8 heteroatoms. The number of nitrogens with zero attached hydrogens (tertiary/aromatic N) is 1. The van der Waals surface area contributed by atoms with Crippen LogP contribution in [0.25, 0.3) is 0 Å². The smallest absolute Gasteiger partial charge is 0.258 e. The number of nitrogens with one attached hydrogen (secondary N) is 1. The van der Waals surface area contributed by atoms with E-state index in [4.69, 9.17) is 16.3 Å². The molecule has 104 valence electrons. The molecule has 0 unspecified atom stereocenters. The number of carbonyl (C=O) groups is 1. The quantitative estimate of drug-likeness (QED) is 0.582. The van der Waals surface area contributed by atoms with E-state index in [2.05, 4.69) is 4.98 Å². The van der Waals surface area contributed by atoms with Gasteiger partial charge in [0, 0.05) is 11.6 Å². The number of pyridine rings is 1. The van der Waals surface area contributed by atoms with Crippen LogP contribution >= 0.6 is 0 Å². The van der Waals surface area contributed by atoms with Crippen LogP contribution in [0.1, 0.15) is 10.4 Å². The number of primary amides is 1. The summed E-state index contributed by atoms with van der Waals surface area (Å²) in [5.41, 5.74) is 7.33. The molecule has 20 heavy (non-hydrogen) atoms. The number of hydrazine groups is 1. The molecule has 0 fully saturated rings. The van der Waals surface area contributed by atoms with Crippen molar-refractivity contribution in [3.05, 3.63) is 47.5 Å². The Morgan fingerprint density at radius 2 is 1.85 bits per heavy atom. The minimum Gasteiger partial charge on any atom is -0.436 e. The Morgan fingerprint density at radius 3 is 2.40 bits per heavy atom. The highest BCUT2D eigenvalue weighted by Crippen LogP contribution is 2.25. The predicted molar refractivity (Wildman–Crippen MR) is 67.0 cm³/mol. The van der Waals surface area contributed by atoms with E-state index in [9.17, 15) is 13.6 Å². The second kappa shape index (κ2) is 5.49. The highest BCUT2D eigenvalue weighted by atomic mass is 19.1. The molecule has 0 spiro atoms. The van der Waals surface area contributed by atoms with E-state index in [0.29, 0.717) is 6.07 Å². The number of halogens is 2. The summed E-state index contributed by atoms with van der Waals surface area (Å²) in [5, 5.41) is 0. The lowest BCUT2D eigenvalue weighted by molar-refractivity contribution is 0.100. The van der Waals surface area contributed by atoms with Gasteiger partial charge in [-0.1, -0.05) is 0 Å². The van der Waals surface area contributed by atoms with Gasteiger partial charge in [0.15, 0.2) is 17.5 Å². The summed E-state index contributed by atoms with van der Waals surface area (Å²) in [5.74, 6) is 1.91. The zero-order valence-electron chi connectivity index (χ0n) is 10.1. The number of nitrogens with two attached hydrogens (primary N) is 2. The van der Waals surface area contributed by atoms with Crippen molar-refractivity contribution < 1.29 is 18.3 Å². The molecule has 0 saturated heterocycles. The number of benzene rings is 1. The second-order valence-corrected chi connectivity index (χ2v) is 3.74. The molecule has 0 radical (unpaired) electrons. The van der Waals surface area contributed by atoms with Gasteiger partial charge in [-0.25, -0.2) is 14.6 Å². The largest absolute Gasteiger partial charge is 0.436 e. The Hall–Kier alpha value is -2.74. The van der Waals surface area contributed by atoms with E-state index in [-0.39, 0.29) is 17.1 Å². The number of anilines is 1. The molecule has 0 aliphatic carbocycles. The highest BCUT2D eigenvalue weighted by Gasteiger charge is 2.13. The number of rotatable bonds is 4. The van der Waals surface area contributed by atoms with E-state index < -0.39 is 23.4 Å². The van der Waals surface area contributed by atoms with Gasteiger partial charge in [0.2, 0.25) is 5.91 Å². The maximum atomic E-state index is 13.5. The summed E-state index contributed by atoms with van der Waals surface area (Å²) in [7, 11) is 0. The van der Waals surface area contributed by atoms with Gasteiger partial charge in [-0.05, 0) is 24.3 Å². The van der Waals surface area contributed by atoms with Crippen molar-refractivity contribution in [3.8, 4) is 11.6 Å². The van der Waals surface area contributed by atoms with Gasteiger partial charge in [-0.2, -0.15) is 4.98 Å². The molecule has 1 amide bonds. The van der Waals surface area contributed by atoms with Crippen molar-refractivity contribution >= 4 is 11.7 Å². The van der Waals surface area contributed by atoms with Gasteiger partial charge in [0.1, 0.15) is 5.75 Å². The third-order valence-corrected chi connectivity index (χ3v) is 2.39. The van der Waals surface area contributed by atoms with E-state index in [1.165, 1.54) is 24.3 Å². The van der Waals surface area contributed by atoms with Gasteiger partial charge in [0.25, 0.3) is 5.88 Å². The molecule has 2 aromatic rings. The van der Waals surface area contributed by atoms with Crippen LogP contribution in [-0.2, 0) is 0 Å². The first-order valence-electron chi connectivity index (χ1n) is 5.41. The van der Waals surface area contributed by atoms with Gasteiger partial charge in [-0.3, -0.25) is 4.79 Å². The molecule has 0 aliphatic heterocycles. The van der Waals surface area contributed by atoms with Gasteiger partial charge >= 0.3 is 0 Å². The van der Waals surface area contributed by atoms with Crippen LogP contribution in [0.15, 0.2) is 30.3 Å². The number of nitrogen functional groups attached to an aromatic ring is 1. The number of hydrogen-bond donors (Lipinski definition) is 3. The van der Waals surface area contributed by atoms with Crippen molar-refractivity contribution in [3.63, 3.8) is 0 Å². The van der Waals surface area contributed by atoms with Crippen molar-refractivity contribution in [2.24, 2.45) is 11.6 Å². The normalized spacial score (nSPS) is 10.2. The Balaban J connectivity index is 2.27. The third kappa shape index (κ3) is 2.81. The fourth-order valence-electron chi connectivity index (χ4n) is 1.42. The van der Waals surface area contributed by atoms with Crippen LogP contribution in [-0.4, -0.2) is 10.9 Å². The number of ether oxygens (including phenoxy) is 1. The first kappa shape index (κ1) is 13.7. The minimum absolute atomic E-state index is 0.205. The third-order valence-electron chi connectivity index (χ3n) is 2.39. The molecular weight excluding hydrogens is 270 g/mol. The molecule has 1 heterocycles. The SMILES string of the molecule is NNc1nc(Oc2ccc(C(N)=O)cc2)c(F)cc1F. The first-order valence-corrected chi connectivity index (χ1v) is 5.41. The average Bonchev–Trinajstić information content (AvgIpc) is 2.42. The molecule has 0 saturated carbocycles. The lowest BCUT2D eigenvalue weighted by Gasteiger charge is -2.08. The van der Waals surface area contributed by atoms with Gasteiger partial charge in [-0.15, -0.1) is 0 Å². The molecule has 1 aromatic heterocycles. The Labute approximate surface area is 112 Å². The standard InChI is InChI=1S/C12H10F2N4O2/c13-8-5-9(14)12(17-11(8)18-16)20-7-3-1-6(2-4-7)10(15)19/h1-5H,16H2,(H2,15,19)(H,17,18). The second-order valence-electron chi connectivity index (χ2n) is 3.74. The lowest BCUT2D eigenvalue weighted by Crippen LogP contribution is -2.11. The van der Waals surface area contributed by atoms with E-state index in [0.717, 1.165) is 0 Å². The van der Waals surface area contributed by atoms with Crippen LogP contribution in [0.4, 0.5) is 14.6 Å². The molecule has 2 rings (SSSR count). The number of carbonyl (C=O) groups excluding carboxylic acids is 1. The Kier molecular flexibility index (Phi) is 3.76. The first-order chi connectivity index (χ1) is 9.51. The van der Waals surface area contributed by atoms with Crippen LogP contribution in [0.5, 0.6) is 11.6 Å². The summed E-state index contributed by atoms with van der Waals surface area (Å²) in [6.07, 6.45) is 0. The fraction of sp³-hybridized carbons (Fsp3) is 0. The topological polar surface area (TPSA) is 103 Å². The number of hydrogen-bond acceptors (Lipinski definition) is 5. The lowest BCUT2D eigenvalue weighted by atomic mass is 10.2. The van der Waals surface area contributed by atoms with Crippen molar-refractivity contribution in [1.29, 1.82) is 0 Å². The number of aromatic nitrogens is 1. The van der Waals surface area contributed by atoms with Gasteiger partial charge < -0.3 is 15.9 Å². The van der Waals surface area contributed by atoms with Crippen LogP contribution in [0, 0.1) is 11.6 Å². The molecule has 0 aliphatic rings. The zero-order valence-corrected chi connectivity index (χ0v) is 10.1. The molecule has 0 bridgehead atoms. The van der Waals surface area contributed by atoms with Crippen LogP contribution < -0.4 is 21.7 Å². The predicted octanol–water partition coefficient (Wildman–Crippen LogP) is 1.54. The zero-order chi connectivity index (χ0) is 14.7. The van der Waals surface area contributed by atoms with Gasteiger partial charge in [0.05, 0.1) is 0 Å². The van der Waals surface area contributed by atoms with E-state index in [1.807, 2.05) is 5.43 Å². The summed E-state index contributed by atoms with van der Waals surface area (Å²) < 4.78 is 31.8. The Bertz CT molecular complexity index is 647. The van der Waals surface area contributed by atoms with Crippen molar-refractivity contribution in [2.45, 2.75) is 0 Å². The fourth-order valence-corrected chi connectivity index (χ4v) is 1.42. The summed E-state index contributed by atoms with van der Waals surface area (Å²) in [4.78, 5) is 14.4. The average molecular weight is 280 g/mol. The molecular formula is C12H10F2N4O2. The Morgan fingerprint density at radius 1 is 1.20 bits per heavy atom. The highest BCUT2D eigenvalue weighted by molar-refractivity contribution is 5.92. The summed E-state index contributed by atoms with van der Waals surface area (Å²) in [6, 6.07) is 6.21. The summed E-state index contributed by atoms with van der Waals surface area (Å²) >= 11 is 0. The molecule has 0 atom stereocenters. The maximum Gasteiger partial charge on any atom is 0.258 e. The van der Waals surface area contributed by atoms with E-state index >= 15 is 0 Å². The van der Waals surface area contributed by atoms with Crippen LogP contribution in [0.3, 0.4) is 0 Å². The molecule has 1 aromatic carbocycles. The van der Waals surface area contributed by atoms with Crippen LogP contribution in [0.2, 0.25) is 0 Å². The summed E-state index contributed by atoms with van der Waals surface area (Å²) in [6.45, 7) is 0. The molecule has 5 N–H and O–H groups in total. The number of amides is 1. The van der Waals surface area contributed by atoms with Crippen molar-refractivity contribution in [2.75, 3.05) is 5.43 Å².